The smallest absolute Gasteiger partial charge is 0.245 e. The molecular weight excluding hydrogens is 224 g/mol. The van der Waals surface area contributed by atoms with Crippen LogP contribution in [0.25, 0.3) is 0 Å². The van der Waals surface area contributed by atoms with Crippen molar-refractivity contribution in [1.29, 1.82) is 0 Å². The number of nitrogens with one attached hydrogen (secondary N) is 1. The maximum Gasteiger partial charge on any atom is 0.245 e. The Hall–Kier alpha value is -0.990. The third-order valence-electron chi connectivity index (χ3n) is 2.96. The molecule has 0 unspecified atom stereocenters. The van der Waals surface area contributed by atoms with E-state index in [1.54, 1.807) is 6.08 Å². The minimum atomic E-state index is 0.0362. The topological polar surface area (TPSA) is 32.3 Å². The monoisotopic (exact) mass is 254 g/mol. The molecule has 3 heteroatoms. The van der Waals surface area contributed by atoms with E-state index in [9.17, 15) is 4.79 Å². The summed E-state index contributed by atoms with van der Waals surface area (Å²) >= 11 is 0. The maximum absolute atomic E-state index is 11.6. The summed E-state index contributed by atoms with van der Waals surface area (Å²) in [6.45, 7) is 5.04. The molecule has 0 aromatic heterocycles. The van der Waals surface area contributed by atoms with Crippen molar-refractivity contribution in [2.24, 2.45) is 0 Å². The van der Waals surface area contributed by atoms with E-state index in [0.29, 0.717) is 0 Å². The molecule has 0 fully saturated rings. The Morgan fingerprint density at radius 3 is 2.28 bits per heavy atom. The van der Waals surface area contributed by atoms with Crippen LogP contribution in [0, 0.1) is 0 Å². The summed E-state index contributed by atoms with van der Waals surface area (Å²) in [6.07, 6.45) is 10.0. The van der Waals surface area contributed by atoms with Gasteiger partial charge < -0.3 is 10.2 Å². The van der Waals surface area contributed by atoms with Crippen LogP contribution in [0.15, 0.2) is 11.8 Å². The lowest BCUT2D eigenvalue weighted by Crippen LogP contribution is -2.24. The normalized spacial score (nSPS) is 11.4. The SMILES string of the molecule is CCCCCCC/C(=C\C(=O)NCCC)N(C)C. The number of amides is 1. The van der Waals surface area contributed by atoms with Gasteiger partial charge in [-0.05, 0) is 19.3 Å². The summed E-state index contributed by atoms with van der Waals surface area (Å²) in [6, 6.07) is 0. The van der Waals surface area contributed by atoms with E-state index < -0.39 is 0 Å². The van der Waals surface area contributed by atoms with Crippen molar-refractivity contribution in [3.63, 3.8) is 0 Å². The number of allylic oxidation sites excluding steroid dienone is 1. The third-order valence-corrected chi connectivity index (χ3v) is 2.96. The molecule has 0 heterocycles. The Balaban J connectivity index is 4.05. The lowest BCUT2D eigenvalue weighted by Gasteiger charge is -2.17. The lowest BCUT2D eigenvalue weighted by molar-refractivity contribution is -0.116. The molecular formula is C15H30N2O. The molecule has 0 saturated heterocycles. The predicted molar refractivity (Wildman–Crippen MR) is 78.4 cm³/mol. The van der Waals surface area contributed by atoms with E-state index in [2.05, 4.69) is 19.2 Å². The van der Waals surface area contributed by atoms with Crippen molar-refractivity contribution in [1.82, 2.24) is 10.2 Å². The first-order chi connectivity index (χ1) is 8.61. The van der Waals surface area contributed by atoms with E-state index in [4.69, 9.17) is 0 Å². The number of carbonyl (C=O) groups excluding carboxylic acids is 1. The zero-order valence-corrected chi connectivity index (χ0v) is 12.6. The molecule has 0 aromatic rings. The molecule has 0 rings (SSSR count). The number of rotatable bonds is 10. The number of hydrogen-bond acceptors (Lipinski definition) is 2. The fourth-order valence-electron chi connectivity index (χ4n) is 1.79. The first-order valence-corrected chi connectivity index (χ1v) is 7.27. The van der Waals surface area contributed by atoms with Gasteiger partial charge in [-0.3, -0.25) is 4.79 Å². The molecule has 0 aliphatic rings. The fourth-order valence-corrected chi connectivity index (χ4v) is 1.79. The summed E-state index contributed by atoms with van der Waals surface area (Å²) < 4.78 is 0. The number of nitrogens with zero attached hydrogens (tertiary/aromatic N) is 1. The highest BCUT2D eigenvalue weighted by atomic mass is 16.1. The van der Waals surface area contributed by atoms with Crippen LogP contribution >= 0.6 is 0 Å². The average Bonchev–Trinajstić information content (AvgIpc) is 2.34. The standard InChI is InChI=1S/C15H30N2O/c1-5-7-8-9-10-11-14(17(3)4)13-15(18)16-12-6-2/h13H,5-12H2,1-4H3,(H,16,18)/b14-13+. The highest BCUT2D eigenvalue weighted by molar-refractivity contribution is 5.88. The van der Waals surface area contributed by atoms with Gasteiger partial charge in [-0.25, -0.2) is 0 Å². The van der Waals surface area contributed by atoms with Crippen molar-refractivity contribution in [2.75, 3.05) is 20.6 Å². The number of carbonyl (C=O) groups is 1. The largest absolute Gasteiger partial charge is 0.381 e. The second kappa shape index (κ2) is 11.1. The van der Waals surface area contributed by atoms with E-state index in [-0.39, 0.29) is 5.91 Å². The Labute approximate surface area is 113 Å². The van der Waals surface area contributed by atoms with Crippen LogP contribution in [0.3, 0.4) is 0 Å². The number of unbranched alkanes of at least 4 members (excludes halogenated alkanes) is 4. The van der Waals surface area contributed by atoms with Crippen LogP contribution in [0.1, 0.15) is 58.8 Å². The summed E-state index contributed by atoms with van der Waals surface area (Å²) in [5, 5.41) is 2.89. The second-order valence-corrected chi connectivity index (χ2v) is 4.99. The Kier molecular flexibility index (Phi) is 10.5. The third kappa shape index (κ3) is 9.08. The Morgan fingerprint density at radius 2 is 1.72 bits per heavy atom. The predicted octanol–water partition coefficient (Wildman–Crippen LogP) is 3.32. The molecule has 0 spiro atoms. The average molecular weight is 254 g/mol. The van der Waals surface area contributed by atoms with E-state index >= 15 is 0 Å². The van der Waals surface area contributed by atoms with Crippen LogP contribution < -0.4 is 5.32 Å². The van der Waals surface area contributed by atoms with Crippen LogP contribution in [0.4, 0.5) is 0 Å². The van der Waals surface area contributed by atoms with Crippen molar-refractivity contribution >= 4 is 5.91 Å². The van der Waals surface area contributed by atoms with Gasteiger partial charge in [0.2, 0.25) is 5.91 Å². The summed E-state index contributed by atoms with van der Waals surface area (Å²) in [5.74, 6) is 0.0362. The molecule has 18 heavy (non-hydrogen) atoms. The minimum Gasteiger partial charge on any atom is -0.381 e. The van der Waals surface area contributed by atoms with Crippen LogP contribution in [-0.2, 0) is 4.79 Å². The zero-order chi connectivity index (χ0) is 13.8. The van der Waals surface area contributed by atoms with Gasteiger partial charge in [0.1, 0.15) is 0 Å². The van der Waals surface area contributed by atoms with Crippen molar-refractivity contribution in [2.45, 2.75) is 58.8 Å². The molecule has 1 amide bonds. The van der Waals surface area contributed by atoms with E-state index in [1.807, 2.05) is 19.0 Å². The van der Waals surface area contributed by atoms with Crippen molar-refractivity contribution in [3.8, 4) is 0 Å². The van der Waals surface area contributed by atoms with Gasteiger partial charge in [0.15, 0.2) is 0 Å². The molecule has 0 aliphatic heterocycles. The van der Waals surface area contributed by atoms with Crippen LogP contribution in [0.2, 0.25) is 0 Å². The molecule has 0 saturated carbocycles. The molecule has 0 atom stereocenters. The summed E-state index contributed by atoms with van der Waals surface area (Å²) in [7, 11) is 4.01. The molecule has 3 nitrogen and oxygen atoms in total. The van der Waals surface area contributed by atoms with E-state index in [1.165, 1.54) is 32.1 Å². The van der Waals surface area contributed by atoms with Gasteiger partial charge in [0.05, 0.1) is 0 Å². The quantitative estimate of drug-likeness (QED) is 0.479. The Morgan fingerprint density at radius 1 is 1.06 bits per heavy atom. The van der Waals surface area contributed by atoms with Crippen molar-refractivity contribution in [3.05, 3.63) is 11.8 Å². The maximum atomic E-state index is 11.6. The van der Waals surface area contributed by atoms with Gasteiger partial charge in [-0.1, -0.05) is 39.5 Å². The molecule has 0 aromatic carbocycles. The Bertz CT molecular complexity index is 247. The first-order valence-electron chi connectivity index (χ1n) is 7.27. The molecule has 0 bridgehead atoms. The van der Waals surface area contributed by atoms with Gasteiger partial charge in [-0.15, -0.1) is 0 Å². The van der Waals surface area contributed by atoms with Crippen LogP contribution in [-0.4, -0.2) is 31.4 Å². The fraction of sp³-hybridized carbons (Fsp3) is 0.800. The van der Waals surface area contributed by atoms with Crippen LogP contribution in [0.5, 0.6) is 0 Å². The summed E-state index contributed by atoms with van der Waals surface area (Å²) in [5.41, 5.74) is 1.13. The van der Waals surface area contributed by atoms with Gasteiger partial charge in [-0.2, -0.15) is 0 Å². The lowest BCUT2D eigenvalue weighted by atomic mass is 10.1. The zero-order valence-electron chi connectivity index (χ0n) is 12.6. The highest BCUT2D eigenvalue weighted by Gasteiger charge is 2.03. The molecule has 0 radical (unpaired) electrons. The van der Waals surface area contributed by atoms with Crippen molar-refractivity contribution < 1.29 is 4.79 Å². The molecule has 106 valence electrons. The minimum absolute atomic E-state index is 0.0362. The summed E-state index contributed by atoms with van der Waals surface area (Å²) in [4.78, 5) is 13.7. The first kappa shape index (κ1) is 17.0. The second-order valence-electron chi connectivity index (χ2n) is 4.99. The van der Waals surface area contributed by atoms with E-state index in [0.717, 1.165) is 25.1 Å². The number of hydrogen-bond donors (Lipinski definition) is 1. The molecule has 1 N–H and O–H groups in total. The molecule has 0 aliphatic carbocycles. The van der Waals surface area contributed by atoms with Gasteiger partial charge in [0, 0.05) is 32.4 Å². The van der Waals surface area contributed by atoms with Gasteiger partial charge >= 0.3 is 0 Å². The highest BCUT2D eigenvalue weighted by Crippen LogP contribution is 2.12. The van der Waals surface area contributed by atoms with Gasteiger partial charge in [0.25, 0.3) is 0 Å².